The minimum atomic E-state index is 0.376. The zero-order valence-electron chi connectivity index (χ0n) is 10.9. The molecule has 0 saturated carbocycles. The lowest BCUT2D eigenvalue weighted by molar-refractivity contribution is 0.602. The Morgan fingerprint density at radius 1 is 1.53 bits per heavy atom. The summed E-state index contributed by atoms with van der Waals surface area (Å²) in [6, 6.07) is 3.92. The zero-order chi connectivity index (χ0) is 13.8. The van der Waals surface area contributed by atoms with Crippen molar-refractivity contribution in [2.75, 3.05) is 18.0 Å². The van der Waals surface area contributed by atoms with E-state index in [-0.39, 0.29) is 0 Å². The standard InChI is InChI=1S/C12H15ClN6/c1-9(2)7-18(5-3-4-14)11-6-10(13)17-12-15-8-16-19(11)12/h6,8-9H,3,5,7H2,1-2H3. The molecule has 0 aromatic carbocycles. The highest BCUT2D eigenvalue weighted by atomic mass is 35.5. The first-order valence-corrected chi connectivity index (χ1v) is 6.47. The van der Waals surface area contributed by atoms with Crippen molar-refractivity contribution in [3.05, 3.63) is 17.5 Å². The molecule has 2 heterocycles. The summed E-state index contributed by atoms with van der Waals surface area (Å²) in [7, 11) is 0. The molecule has 0 saturated heterocycles. The summed E-state index contributed by atoms with van der Waals surface area (Å²) in [4.78, 5) is 10.2. The van der Waals surface area contributed by atoms with Crippen LogP contribution in [0.5, 0.6) is 0 Å². The molecule has 0 atom stereocenters. The molecule has 100 valence electrons. The van der Waals surface area contributed by atoms with Crippen molar-refractivity contribution in [2.24, 2.45) is 5.92 Å². The Morgan fingerprint density at radius 3 is 3.00 bits per heavy atom. The molecule has 0 spiro atoms. The van der Waals surface area contributed by atoms with Gasteiger partial charge in [0.05, 0.1) is 12.5 Å². The summed E-state index contributed by atoms with van der Waals surface area (Å²) >= 11 is 6.01. The Bertz CT molecular complexity index is 600. The summed E-state index contributed by atoms with van der Waals surface area (Å²) < 4.78 is 1.64. The van der Waals surface area contributed by atoms with Crippen LogP contribution in [0.25, 0.3) is 5.78 Å². The second kappa shape index (κ2) is 5.85. The van der Waals surface area contributed by atoms with E-state index in [9.17, 15) is 0 Å². The molecule has 0 aliphatic rings. The van der Waals surface area contributed by atoms with Crippen molar-refractivity contribution in [1.82, 2.24) is 19.6 Å². The van der Waals surface area contributed by atoms with E-state index in [2.05, 4.69) is 39.9 Å². The first-order valence-electron chi connectivity index (χ1n) is 6.10. The maximum atomic E-state index is 8.77. The van der Waals surface area contributed by atoms with Crippen molar-refractivity contribution >= 4 is 23.2 Å². The van der Waals surface area contributed by atoms with Gasteiger partial charge >= 0.3 is 0 Å². The third kappa shape index (κ3) is 3.12. The molecule has 7 heteroatoms. The Balaban J connectivity index is 2.42. The van der Waals surface area contributed by atoms with Crippen LogP contribution in [0.15, 0.2) is 12.4 Å². The van der Waals surface area contributed by atoms with Gasteiger partial charge in [0.1, 0.15) is 17.3 Å². The fraction of sp³-hybridized carbons (Fsp3) is 0.500. The monoisotopic (exact) mass is 278 g/mol. The van der Waals surface area contributed by atoms with Crippen molar-refractivity contribution in [3.63, 3.8) is 0 Å². The minimum absolute atomic E-state index is 0.376. The van der Waals surface area contributed by atoms with Crippen LogP contribution in [0, 0.1) is 17.2 Å². The molecule has 2 aromatic rings. The molecule has 0 N–H and O–H groups in total. The summed E-state index contributed by atoms with van der Waals surface area (Å²) in [6.45, 7) is 5.70. The predicted octanol–water partition coefficient (Wildman–Crippen LogP) is 2.15. The van der Waals surface area contributed by atoms with E-state index >= 15 is 0 Å². The molecule has 0 amide bonds. The van der Waals surface area contributed by atoms with E-state index in [1.54, 1.807) is 10.6 Å². The van der Waals surface area contributed by atoms with Crippen molar-refractivity contribution in [2.45, 2.75) is 20.3 Å². The molecular weight excluding hydrogens is 264 g/mol. The third-order valence-electron chi connectivity index (χ3n) is 2.60. The number of nitrogens with zero attached hydrogens (tertiary/aromatic N) is 6. The Kier molecular flexibility index (Phi) is 4.17. The van der Waals surface area contributed by atoms with Gasteiger partial charge in [-0.25, -0.2) is 0 Å². The predicted molar refractivity (Wildman–Crippen MR) is 73.1 cm³/mol. The number of nitriles is 1. The van der Waals surface area contributed by atoms with E-state index in [0.29, 0.717) is 29.8 Å². The second-order valence-corrected chi connectivity index (χ2v) is 5.04. The van der Waals surface area contributed by atoms with Crippen molar-refractivity contribution < 1.29 is 0 Å². The number of aromatic nitrogens is 4. The Labute approximate surface area is 116 Å². The van der Waals surface area contributed by atoms with Gasteiger partial charge in [-0.3, -0.25) is 0 Å². The van der Waals surface area contributed by atoms with Crippen molar-refractivity contribution in [3.8, 4) is 6.07 Å². The maximum absolute atomic E-state index is 8.77. The van der Waals surface area contributed by atoms with Crippen LogP contribution in [0.1, 0.15) is 20.3 Å². The lowest BCUT2D eigenvalue weighted by Crippen LogP contribution is -2.30. The quantitative estimate of drug-likeness (QED) is 0.784. The summed E-state index contributed by atoms with van der Waals surface area (Å²) in [5, 5.41) is 13.3. The highest BCUT2D eigenvalue weighted by Gasteiger charge is 2.14. The highest BCUT2D eigenvalue weighted by Crippen LogP contribution is 2.20. The second-order valence-electron chi connectivity index (χ2n) is 4.66. The van der Waals surface area contributed by atoms with Gasteiger partial charge in [-0.2, -0.15) is 24.8 Å². The molecule has 19 heavy (non-hydrogen) atoms. The highest BCUT2D eigenvalue weighted by molar-refractivity contribution is 6.29. The number of anilines is 1. The van der Waals surface area contributed by atoms with Crippen LogP contribution in [-0.4, -0.2) is 32.7 Å². The van der Waals surface area contributed by atoms with E-state index < -0.39 is 0 Å². The molecule has 0 fully saturated rings. The molecule has 0 aliphatic heterocycles. The summed E-state index contributed by atoms with van der Waals surface area (Å²) in [5.74, 6) is 1.74. The van der Waals surface area contributed by atoms with Crippen molar-refractivity contribution in [1.29, 1.82) is 5.26 Å². The van der Waals surface area contributed by atoms with E-state index in [0.717, 1.165) is 12.4 Å². The van der Waals surface area contributed by atoms with Crippen LogP contribution in [0.2, 0.25) is 5.15 Å². The first-order chi connectivity index (χ1) is 9.11. The fourth-order valence-electron chi connectivity index (χ4n) is 1.92. The van der Waals surface area contributed by atoms with Gasteiger partial charge in [0, 0.05) is 19.2 Å². The van der Waals surface area contributed by atoms with Crippen LogP contribution in [0.3, 0.4) is 0 Å². The number of hydrogen-bond donors (Lipinski definition) is 0. The van der Waals surface area contributed by atoms with E-state index in [4.69, 9.17) is 16.9 Å². The van der Waals surface area contributed by atoms with Gasteiger partial charge in [0.15, 0.2) is 0 Å². The first kappa shape index (κ1) is 13.6. The molecule has 0 aliphatic carbocycles. The number of halogens is 1. The third-order valence-corrected chi connectivity index (χ3v) is 2.80. The minimum Gasteiger partial charge on any atom is -0.355 e. The SMILES string of the molecule is CC(C)CN(CCC#N)c1cc(Cl)nc2ncnn12. The molecular formula is C12H15ClN6. The van der Waals surface area contributed by atoms with E-state index in [1.165, 1.54) is 6.33 Å². The fourth-order valence-corrected chi connectivity index (χ4v) is 2.09. The van der Waals surface area contributed by atoms with Gasteiger partial charge in [-0.1, -0.05) is 25.4 Å². The average molecular weight is 279 g/mol. The Hall–Kier alpha value is -1.87. The lowest BCUT2D eigenvalue weighted by Gasteiger charge is -2.25. The van der Waals surface area contributed by atoms with Gasteiger partial charge < -0.3 is 4.90 Å². The summed E-state index contributed by atoms with van der Waals surface area (Å²) in [6.07, 6.45) is 1.89. The van der Waals surface area contributed by atoms with Gasteiger partial charge in [0.25, 0.3) is 5.78 Å². The van der Waals surface area contributed by atoms with Gasteiger partial charge in [-0.15, -0.1) is 0 Å². The topological polar surface area (TPSA) is 70.1 Å². The Morgan fingerprint density at radius 2 is 2.32 bits per heavy atom. The zero-order valence-corrected chi connectivity index (χ0v) is 11.7. The normalized spacial score (nSPS) is 10.9. The molecule has 0 unspecified atom stereocenters. The largest absolute Gasteiger partial charge is 0.355 e. The van der Waals surface area contributed by atoms with E-state index in [1.807, 2.05) is 0 Å². The van der Waals surface area contributed by atoms with Crippen LogP contribution in [-0.2, 0) is 0 Å². The van der Waals surface area contributed by atoms with Gasteiger partial charge in [0.2, 0.25) is 0 Å². The van der Waals surface area contributed by atoms with Crippen LogP contribution < -0.4 is 4.90 Å². The van der Waals surface area contributed by atoms with Crippen LogP contribution >= 0.6 is 11.6 Å². The number of rotatable bonds is 5. The molecule has 2 rings (SSSR count). The number of fused-ring (bicyclic) bond motifs is 1. The molecule has 6 nitrogen and oxygen atoms in total. The maximum Gasteiger partial charge on any atom is 0.255 e. The molecule has 2 aromatic heterocycles. The molecule has 0 radical (unpaired) electrons. The van der Waals surface area contributed by atoms with Gasteiger partial charge in [-0.05, 0) is 5.92 Å². The smallest absolute Gasteiger partial charge is 0.255 e. The molecule has 0 bridgehead atoms. The summed E-state index contributed by atoms with van der Waals surface area (Å²) in [5.41, 5.74) is 0. The number of hydrogen-bond acceptors (Lipinski definition) is 5. The average Bonchev–Trinajstić information content (AvgIpc) is 2.80. The lowest BCUT2D eigenvalue weighted by atomic mass is 10.2. The van der Waals surface area contributed by atoms with Crippen LogP contribution in [0.4, 0.5) is 5.82 Å².